The highest BCUT2D eigenvalue weighted by Crippen LogP contribution is 2.23. The first-order valence-electron chi connectivity index (χ1n) is 7.35. The van der Waals surface area contributed by atoms with Crippen LogP contribution in [0.1, 0.15) is 5.89 Å². The first kappa shape index (κ1) is 14.5. The third-order valence-corrected chi connectivity index (χ3v) is 3.49. The molecule has 0 unspecified atom stereocenters. The van der Waals surface area contributed by atoms with Gasteiger partial charge in [0.05, 0.1) is 0 Å². The zero-order valence-electron chi connectivity index (χ0n) is 12.9. The second-order valence-electron chi connectivity index (χ2n) is 5.51. The van der Waals surface area contributed by atoms with E-state index in [1.165, 1.54) is 11.1 Å². The molecule has 0 fully saturated rings. The Kier molecular flexibility index (Phi) is 4.30. The lowest BCUT2D eigenvalue weighted by molar-refractivity contribution is 0.344. The van der Waals surface area contributed by atoms with E-state index in [1.54, 1.807) is 0 Å². The summed E-state index contributed by atoms with van der Waals surface area (Å²) in [7, 11) is 4.05. The van der Waals surface area contributed by atoms with Crippen molar-refractivity contribution >= 4 is 0 Å². The molecule has 22 heavy (non-hydrogen) atoms. The quantitative estimate of drug-likeness (QED) is 0.722. The molecule has 0 saturated carbocycles. The number of rotatable bonds is 5. The van der Waals surface area contributed by atoms with Gasteiger partial charge in [-0.3, -0.25) is 0 Å². The molecular formula is C18H19N3O. The minimum atomic E-state index is 0.647. The predicted octanol–water partition coefficient (Wildman–Crippen LogP) is 3.51. The SMILES string of the molecule is CN(C)CCc1nc(-c2ccc(-c3ccccc3)cc2)no1. The molecule has 0 aliphatic carbocycles. The average Bonchev–Trinajstić information content (AvgIpc) is 3.03. The van der Waals surface area contributed by atoms with Crippen LogP contribution in [0.15, 0.2) is 59.1 Å². The zero-order valence-corrected chi connectivity index (χ0v) is 12.9. The fourth-order valence-corrected chi connectivity index (χ4v) is 2.24. The van der Waals surface area contributed by atoms with Crippen LogP contribution in [0.2, 0.25) is 0 Å². The minimum Gasteiger partial charge on any atom is -0.339 e. The van der Waals surface area contributed by atoms with Gasteiger partial charge in [-0.25, -0.2) is 0 Å². The lowest BCUT2D eigenvalue weighted by atomic mass is 10.0. The Balaban J connectivity index is 1.76. The monoisotopic (exact) mass is 293 g/mol. The molecule has 1 heterocycles. The highest BCUT2D eigenvalue weighted by atomic mass is 16.5. The van der Waals surface area contributed by atoms with Crippen molar-refractivity contribution in [3.05, 3.63) is 60.5 Å². The average molecular weight is 293 g/mol. The van der Waals surface area contributed by atoms with Crippen LogP contribution >= 0.6 is 0 Å². The molecule has 4 nitrogen and oxygen atoms in total. The van der Waals surface area contributed by atoms with Crippen molar-refractivity contribution in [1.29, 1.82) is 0 Å². The molecular weight excluding hydrogens is 274 g/mol. The molecule has 0 aliphatic rings. The Morgan fingerprint density at radius 3 is 2.18 bits per heavy atom. The van der Waals surface area contributed by atoms with Crippen molar-refractivity contribution in [2.75, 3.05) is 20.6 Å². The summed E-state index contributed by atoms with van der Waals surface area (Å²) in [5, 5.41) is 4.06. The van der Waals surface area contributed by atoms with Crippen LogP contribution in [-0.4, -0.2) is 35.7 Å². The molecule has 0 saturated heterocycles. The van der Waals surface area contributed by atoms with Gasteiger partial charge in [-0.2, -0.15) is 4.98 Å². The van der Waals surface area contributed by atoms with Crippen LogP contribution in [0, 0.1) is 0 Å². The molecule has 3 aromatic rings. The summed E-state index contributed by atoms with van der Waals surface area (Å²) in [4.78, 5) is 6.55. The van der Waals surface area contributed by atoms with E-state index in [0.717, 1.165) is 18.5 Å². The minimum absolute atomic E-state index is 0.647. The van der Waals surface area contributed by atoms with Gasteiger partial charge in [0.15, 0.2) is 0 Å². The molecule has 0 radical (unpaired) electrons. The third kappa shape index (κ3) is 3.40. The highest BCUT2D eigenvalue weighted by molar-refractivity contribution is 5.67. The molecule has 0 aliphatic heterocycles. The number of hydrogen-bond acceptors (Lipinski definition) is 4. The largest absolute Gasteiger partial charge is 0.339 e. The molecule has 4 heteroatoms. The van der Waals surface area contributed by atoms with Crippen LogP contribution in [0.25, 0.3) is 22.5 Å². The van der Waals surface area contributed by atoms with Crippen LogP contribution in [0.3, 0.4) is 0 Å². The maximum absolute atomic E-state index is 5.30. The van der Waals surface area contributed by atoms with Gasteiger partial charge in [-0.15, -0.1) is 0 Å². The summed E-state index contributed by atoms with van der Waals surface area (Å²) in [5.41, 5.74) is 3.36. The van der Waals surface area contributed by atoms with E-state index >= 15 is 0 Å². The summed E-state index contributed by atoms with van der Waals surface area (Å²) in [6.45, 7) is 0.897. The van der Waals surface area contributed by atoms with E-state index < -0.39 is 0 Å². The Labute approximate surface area is 130 Å². The van der Waals surface area contributed by atoms with E-state index in [-0.39, 0.29) is 0 Å². The van der Waals surface area contributed by atoms with Crippen LogP contribution in [0.4, 0.5) is 0 Å². The molecule has 0 spiro atoms. The van der Waals surface area contributed by atoms with Gasteiger partial charge in [-0.05, 0) is 25.2 Å². The van der Waals surface area contributed by atoms with E-state index in [9.17, 15) is 0 Å². The molecule has 0 N–H and O–H groups in total. The first-order valence-corrected chi connectivity index (χ1v) is 7.35. The van der Waals surface area contributed by atoms with Crippen LogP contribution in [-0.2, 0) is 6.42 Å². The lowest BCUT2D eigenvalue weighted by Gasteiger charge is -2.05. The van der Waals surface area contributed by atoms with Crippen molar-refractivity contribution in [3.63, 3.8) is 0 Å². The molecule has 0 atom stereocenters. The number of hydrogen-bond donors (Lipinski definition) is 0. The van der Waals surface area contributed by atoms with Gasteiger partial charge in [0.1, 0.15) is 0 Å². The van der Waals surface area contributed by atoms with Crippen LogP contribution in [0.5, 0.6) is 0 Å². The zero-order chi connectivity index (χ0) is 15.4. The molecule has 0 bridgehead atoms. The summed E-state index contributed by atoms with van der Waals surface area (Å²) < 4.78 is 5.30. The van der Waals surface area contributed by atoms with E-state index in [2.05, 4.69) is 39.3 Å². The van der Waals surface area contributed by atoms with Gasteiger partial charge in [0, 0.05) is 18.5 Å². The molecule has 1 aromatic heterocycles. The maximum atomic E-state index is 5.30. The van der Waals surface area contributed by atoms with Crippen molar-refractivity contribution in [1.82, 2.24) is 15.0 Å². The van der Waals surface area contributed by atoms with Gasteiger partial charge >= 0.3 is 0 Å². The Morgan fingerprint density at radius 1 is 0.864 bits per heavy atom. The van der Waals surface area contributed by atoms with Gasteiger partial charge in [0.25, 0.3) is 0 Å². The van der Waals surface area contributed by atoms with Crippen molar-refractivity contribution < 1.29 is 4.52 Å². The summed E-state index contributed by atoms with van der Waals surface area (Å²) in [6.07, 6.45) is 0.766. The van der Waals surface area contributed by atoms with Gasteiger partial charge < -0.3 is 9.42 Å². The van der Waals surface area contributed by atoms with Gasteiger partial charge in [0.2, 0.25) is 11.7 Å². The predicted molar refractivity (Wildman–Crippen MR) is 87.4 cm³/mol. The number of likely N-dealkylation sites (N-methyl/N-ethyl adjacent to an activating group) is 1. The normalized spacial score (nSPS) is 11.0. The van der Waals surface area contributed by atoms with Crippen LogP contribution < -0.4 is 0 Å². The first-order chi connectivity index (χ1) is 10.7. The summed E-state index contributed by atoms with van der Waals surface area (Å²) in [5.74, 6) is 1.32. The third-order valence-electron chi connectivity index (χ3n) is 3.49. The van der Waals surface area contributed by atoms with Crippen molar-refractivity contribution in [2.24, 2.45) is 0 Å². The van der Waals surface area contributed by atoms with E-state index in [0.29, 0.717) is 11.7 Å². The molecule has 3 rings (SSSR count). The maximum Gasteiger partial charge on any atom is 0.228 e. The Morgan fingerprint density at radius 2 is 1.50 bits per heavy atom. The summed E-state index contributed by atoms with van der Waals surface area (Å²) >= 11 is 0. The Bertz CT molecular complexity index is 718. The van der Waals surface area contributed by atoms with Gasteiger partial charge in [-0.1, -0.05) is 59.8 Å². The molecule has 112 valence electrons. The fourth-order valence-electron chi connectivity index (χ4n) is 2.24. The summed E-state index contributed by atoms with van der Waals surface area (Å²) in [6, 6.07) is 18.5. The topological polar surface area (TPSA) is 42.2 Å². The second-order valence-corrected chi connectivity index (χ2v) is 5.51. The fraction of sp³-hybridized carbons (Fsp3) is 0.222. The number of aromatic nitrogens is 2. The lowest BCUT2D eigenvalue weighted by Crippen LogP contribution is -2.15. The molecule has 0 amide bonds. The molecule has 2 aromatic carbocycles. The van der Waals surface area contributed by atoms with E-state index in [1.807, 2.05) is 44.4 Å². The second kappa shape index (κ2) is 6.54. The highest BCUT2D eigenvalue weighted by Gasteiger charge is 2.09. The standard InChI is InChI=1S/C18H19N3O/c1-21(2)13-12-17-19-18(20-22-17)16-10-8-15(9-11-16)14-6-4-3-5-7-14/h3-11H,12-13H2,1-2H3. The van der Waals surface area contributed by atoms with Crippen molar-refractivity contribution in [3.8, 4) is 22.5 Å². The number of benzene rings is 2. The van der Waals surface area contributed by atoms with E-state index in [4.69, 9.17) is 4.52 Å². The smallest absolute Gasteiger partial charge is 0.228 e. The van der Waals surface area contributed by atoms with Crippen molar-refractivity contribution in [2.45, 2.75) is 6.42 Å². The number of nitrogens with zero attached hydrogens (tertiary/aromatic N) is 3. The Hall–Kier alpha value is -2.46.